The first-order valence-corrected chi connectivity index (χ1v) is 7.48. The van der Waals surface area contributed by atoms with Crippen molar-refractivity contribution in [1.29, 1.82) is 0 Å². The third kappa shape index (κ3) is 4.59. The van der Waals surface area contributed by atoms with Crippen molar-refractivity contribution in [2.24, 2.45) is 5.10 Å². The van der Waals surface area contributed by atoms with Gasteiger partial charge in [-0.1, -0.05) is 15.9 Å². The molecule has 0 saturated carbocycles. The second-order valence-electron chi connectivity index (χ2n) is 4.75. The minimum absolute atomic E-state index is 0.0247. The van der Waals surface area contributed by atoms with Gasteiger partial charge in [0.15, 0.2) is 6.10 Å². The molecule has 0 aliphatic carbocycles. The zero-order valence-electron chi connectivity index (χ0n) is 12.1. The molecule has 0 aromatic heterocycles. The van der Waals surface area contributed by atoms with Gasteiger partial charge in [0.05, 0.1) is 5.69 Å². The molecule has 1 aliphatic rings. The summed E-state index contributed by atoms with van der Waals surface area (Å²) in [5.74, 6) is -2.40. The number of hydrogen-bond acceptors (Lipinski definition) is 5. The second-order valence-corrected chi connectivity index (χ2v) is 5.67. The van der Waals surface area contributed by atoms with E-state index < -0.39 is 23.8 Å². The summed E-state index contributed by atoms with van der Waals surface area (Å²) in [4.78, 5) is 34.7. The number of rotatable bonds is 4. The number of ether oxygens (including phenoxy) is 1. The number of nitrogens with one attached hydrogen (secondary N) is 2. The smallest absolute Gasteiger partial charge is 0.355 e. The lowest BCUT2D eigenvalue weighted by Gasteiger charge is -2.16. The fraction of sp³-hybridized carbons (Fsp3) is 0.286. The number of benzene rings is 1. The quantitative estimate of drug-likeness (QED) is 0.771. The highest BCUT2D eigenvalue weighted by atomic mass is 79.9. The molecule has 0 spiro atoms. The van der Waals surface area contributed by atoms with E-state index in [9.17, 15) is 18.8 Å². The van der Waals surface area contributed by atoms with Crippen molar-refractivity contribution in [3.05, 3.63) is 28.5 Å². The fourth-order valence-electron chi connectivity index (χ4n) is 1.73. The van der Waals surface area contributed by atoms with Crippen molar-refractivity contribution in [1.82, 2.24) is 5.43 Å². The van der Waals surface area contributed by atoms with E-state index in [0.717, 1.165) is 0 Å². The Labute approximate surface area is 139 Å². The molecule has 0 fully saturated rings. The van der Waals surface area contributed by atoms with E-state index in [2.05, 4.69) is 31.8 Å². The Balaban J connectivity index is 1.94. The molecule has 7 nitrogen and oxygen atoms in total. The molecule has 122 valence electrons. The van der Waals surface area contributed by atoms with Gasteiger partial charge in [-0.2, -0.15) is 5.10 Å². The van der Waals surface area contributed by atoms with Gasteiger partial charge in [0.25, 0.3) is 5.91 Å². The molecular formula is C14H13BrFN3O4. The molecule has 9 heteroatoms. The van der Waals surface area contributed by atoms with E-state index in [1.165, 1.54) is 19.1 Å². The summed E-state index contributed by atoms with van der Waals surface area (Å²) in [5.41, 5.74) is 2.16. The number of halogens is 2. The minimum atomic E-state index is -1.15. The molecule has 0 unspecified atom stereocenters. The summed E-state index contributed by atoms with van der Waals surface area (Å²) in [6.07, 6.45) is -0.884. The molecule has 1 atom stereocenters. The van der Waals surface area contributed by atoms with Crippen molar-refractivity contribution in [3.8, 4) is 0 Å². The third-order valence-corrected chi connectivity index (χ3v) is 3.48. The Morgan fingerprint density at radius 3 is 2.78 bits per heavy atom. The molecule has 1 heterocycles. The van der Waals surface area contributed by atoms with Gasteiger partial charge in [0.1, 0.15) is 11.5 Å². The number of hydrogen-bond donors (Lipinski definition) is 2. The lowest BCUT2D eigenvalue weighted by molar-refractivity contribution is -0.146. The molecule has 2 N–H and O–H groups in total. The summed E-state index contributed by atoms with van der Waals surface area (Å²) in [6, 6.07) is 4.15. The molecule has 2 amide bonds. The van der Waals surface area contributed by atoms with Crippen LogP contribution in [0.25, 0.3) is 0 Å². The van der Waals surface area contributed by atoms with Crippen LogP contribution in [0.5, 0.6) is 0 Å². The second kappa shape index (κ2) is 7.32. The summed E-state index contributed by atoms with van der Waals surface area (Å²) in [5, 5.41) is 5.91. The van der Waals surface area contributed by atoms with Crippen LogP contribution in [0, 0.1) is 5.82 Å². The van der Waals surface area contributed by atoms with Gasteiger partial charge in [-0.05, 0) is 25.1 Å². The number of carbonyl (C=O) groups is 3. The van der Waals surface area contributed by atoms with Gasteiger partial charge in [-0.3, -0.25) is 9.59 Å². The summed E-state index contributed by atoms with van der Waals surface area (Å²) in [6.45, 7) is 1.35. The highest BCUT2D eigenvalue weighted by molar-refractivity contribution is 9.10. The van der Waals surface area contributed by atoms with Gasteiger partial charge < -0.3 is 10.1 Å². The molecule has 0 saturated heterocycles. The third-order valence-electron chi connectivity index (χ3n) is 2.98. The highest BCUT2D eigenvalue weighted by Gasteiger charge is 2.24. The Morgan fingerprint density at radius 2 is 2.17 bits per heavy atom. The Morgan fingerprint density at radius 1 is 1.43 bits per heavy atom. The predicted molar refractivity (Wildman–Crippen MR) is 83.1 cm³/mol. The lowest BCUT2D eigenvalue weighted by atomic mass is 10.2. The first-order chi connectivity index (χ1) is 10.9. The number of hydrazone groups is 1. The van der Waals surface area contributed by atoms with Gasteiger partial charge >= 0.3 is 5.97 Å². The van der Waals surface area contributed by atoms with E-state index in [1.54, 1.807) is 6.07 Å². The Bertz CT molecular complexity index is 693. The molecule has 1 aromatic rings. The maximum Gasteiger partial charge on any atom is 0.355 e. The zero-order chi connectivity index (χ0) is 17.0. The first kappa shape index (κ1) is 17.1. The monoisotopic (exact) mass is 385 g/mol. The predicted octanol–water partition coefficient (Wildman–Crippen LogP) is 1.72. The van der Waals surface area contributed by atoms with Crippen LogP contribution in [0.1, 0.15) is 19.8 Å². The standard InChI is InChI=1S/C14H13BrFN3O4/c1-7(23-14(22)11-4-5-12(20)19-18-11)13(21)17-10-3-2-8(15)6-9(10)16/h2-3,6-7H,4-5H2,1H3,(H,17,21)(H,19,20)/t7-/m0/s1. The first-order valence-electron chi connectivity index (χ1n) is 6.69. The molecular weight excluding hydrogens is 373 g/mol. The minimum Gasteiger partial charge on any atom is -0.448 e. The maximum absolute atomic E-state index is 13.7. The highest BCUT2D eigenvalue weighted by Crippen LogP contribution is 2.19. The number of anilines is 1. The van der Waals surface area contributed by atoms with E-state index in [4.69, 9.17) is 4.74 Å². The van der Waals surface area contributed by atoms with Crippen molar-refractivity contribution >= 4 is 45.1 Å². The van der Waals surface area contributed by atoms with Crippen LogP contribution in [0.2, 0.25) is 0 Å². The molecule has 1 aliphatic heterocycles. The number of nitrogens with zero attached hydrogens (tertiary/aromatic N) is 1. The SMILES string of the molecule is C[C@H](OC(=O)C1=NNC(=O)CC1)C(=O)Nc1ccc(Br)cc1F. The van der Waals surface area contributed by atoms with Gasteiger partial charge in [0, 0.05) is 17.3 Å². The van der Waals surface area contributed by atoms with Gasteiger partial charge in [-0.15, -0.1) is 0 Å². The van der Waals surface area contributed by atoms with Crippen LogP contribution >= 0.6 is 15.9 Å². The number of esters is 1. The van der Waals surface area contributed by atoms with Crippen molar-refractivity contribution in [2.75, 3.05) is 5.32 Å². The number of amides is 2. The van der Waals surface area contributed by atoms with Gasteiger partial charge in [-0.25, -0.2) is 14.6 Å². The lowest BCUT2D eigenvalue weighted by Crippen LogP contribution is -2.35. The Hall–Kier alpha value is -2.29. The van der Waals surface area contributed by atoms with Crippen molar-refractivity contribution in [3.63, 3.8) is 0 Å². The molecule has 0 radical (unpaired) electrons. The fourth-order valence-corrected chi connectivity index (χ4v) is 2.06. The van der Waals surface area contributed by atoms with E-state index >= 15 is 0 Å². The van der Waals surface area contributed by atoms with Crippen molar-refractivity contribution in [2.45, 2.75) is 25.9 Å². The molecule has 23 heavy (non-hydrogen) atoms. The Kier molecular flexibility index (Phi) is 5.43. The maximum atomic E-state index is 13.7. The van der Waals surface area contributed by atoms with Crippen LogP contribution < -0.4 is 10.7 Å². The van der Waals surface area contributed by atoms with Crippen LogP contribution in [0.4, 0.5) is 10.1 Å². The van der Waals surface area contributed by atoms with Gasteiger partial charge in [0.2, 0.25) is 5.91 Å². The van der Waals surface area contributed by atoms with E-state index in [-0.39, 0.29) is 30.1 Å². The summed E-state index contributed by atoms with van der Waals surface area (Å²) >= 11 is 3.11. The average molecular weight is 386 g/mol. The van der Waals surface area contributed by atoms with Crippen LogP contribution in [0.3, 0.4) is 0 Å². The zero-order valence-corrected chi connectivity index (χ0v) is 13.6. The average Bonchev–Trinajstić information content (AvgIpc) is 2.50. The molecule has 1 aromatic carbocycles. The largest absolute Gasteiger partial charge is 0.448 e. The summed E-state index contributed by atoms with van der Waals surface area (Å²) < 4.78 is 19.1. The van der Waals surface area contributed by atoms with E-state index in [1.807, 2.05) is 0 Å². The van der Waals surface area contributed by atoms with Crippen molar-refractivity contribution < 1.29 is 23.5 Å². The van der Waals surface area contributed by atoms with Crippen LogP contribution in [-0.4, -0.2) is 29.6 Å². The molecule has 2 rings (SSSR count). The van der Waals surface area contributed by atoms with Crippen LogP contribution in [-0.2, 0) is 19.1 Å². The normalized spacial score (nSPS) is 15.3. The molecule has 0 bridgehead atoms. The number of carbonyl (C=O) groups excluding carboxylic acids is 3. The van der Waals surface area contributed by atoms with Crippen LogP contribution in [0.15, 0.2) is 27.8 Å². The summed E-state index contributed by atoms with van der Waals surface area (Å²) in [7, 11) is 0. The topological polar surface area (TPSA) is 96.9 Å². The van der Waals surface area contributed by atoms with E-state index in [0.29, 0.717) is 4.47 Å².